The predicted molar refractivity (Wildman–Crippen MR) is 117 cm³/mol. The number of anilines is 1. The molecule has 1 aliphatic heterocycles. The third-order valence-corrected chi connectivity index (χ3v) is 5.63. The molecule has 10 heteroatoms. The lowest BCUT2D eigenvalue weighted by atomic mass is 10.0. The lowest BCUT2D eigenvalue weighted by Crippen LogP contribution is -2.45. The van der Waals surface area contributed by atoms with Gasteiger partial charge in [-0.15, -0.1) is 12.4 Å². The molecule has 162 valence electrons. The second kappa shape index (κ2) is 8.45. The van der Waals surface area contributed by atoms with Crippen LogP contribution in [0.25, 0.3) is 15.9 Å². The van der Waals surface area contributed by atoms with Crippen LogP contribution in [0.15, 0.2) is 23.6 Å². The highest BCUT2D eigenvalue weighted by Crippen LogP contribution is 2.43. The summed E-state index contributed by atoms with van der Waals surface area (Å²) in [6.07, 6.45) is 1.51. The predicted octanol–water partition coefficient (Wildman–Crippen LogP) is 3.92. The quantitative estimate of drug-likeness (QED) is 0.701. The van der Waals surface area contributed by atoms with E-state index in [1.54, 1.807) is 4.57 Å². The fourth-order valence-electron chi connectivity index (χ4n) is 3.86. The van der Waals surface area contributed by atoms with E-state index in [1.165, 1.54) is 6.20 Å². The second-order valence-electron chi connectivity index (χ2n) is 7.50. The average molecular weight is 458 g/mol. The number of carbonyl (C=O) groups is 1. The van der Waals surface area contributed by atoms with Gasteiger partial charge in [-0.25, -0.2) is 9.18 Å². The van der Waals surface area contributed by atoms with E-state index in [0.29, 0.717) is 29.9 Å². The third kappa shape index (κ3) is 3.99. The van der Waals surface area contributed by atoms with Crippen LogP contribution in [0.3, 0.4) is 0 Å². The van der Waals surface area contributed by atoms with Crippen LogP contribution >= 0.6 is 24.0 Å². The Kier molecular flexibility index (Phi) is 6.31. The van der Waals surface area contributed by atoms with Crippen LogP contribution in [0.2, 0.25) is 0 Å². The van der Waals surface area contributed by atoms with Gasteiger partial charge in [0.2, 0.25) is 5.43 Å². The molecule has 0 amide bonds. The van der Waals surface area contributed by atoms with Gasteiger partial charge < -0.3 is 24.2 Å². The lowest BCUT2D eigenvalue weighted by Gasteiger charge is -2.35. The Hall–Kier alpha value is -2.29. The number of piperazine rings is 1. The summed E-state index contributed by atoms with van der Waals surface area (Å²) in [5.74, 6) is -0.944. The first-order valence-electron chi connectivity index (χ1n) is 9.38. The van der Waals surface area contributed by atoms with Crippen molar-refractivity contribution in [3.63, 3.8) is 0 Å². The number of hydrogen-bond acceptors (Lipinski definition) is 5. The van der Waals surface area contributed by atoms with E-state index in [1.807, 2.05) is 11.9 Å². The minimum Gasteiger partial charge on any atom is -0.449 e. The molecular weight excluding hydrogens is 436 g/mol. The van der Waals surface area contributed by atoms with E-state index in [0.717, 1.165) is 32.0 Å². The largest absolute Gasteiger partial charge is 0.511 e. The van der Waals surface area contributed by atoms with E-state index in [2.05, 4.69) is 16.2 Å². The minimum absolute atomic E-state index is 0. The molecule has 0 spiro atoms. The maximum atomic E-state index is 15.3. The molecule has 0 atom stereocenters. The topological polar surface area (TPSA) is 75.0 Å². The van der Waals surface area contributed by atoms with Gasteiger partial charge >= 0.3 is 6.16 Å². The van der Waals surface area contributed by atoms with Crippen molar-refractivity contribution in [1.82, 2.24) is 9.47 Å². The SMILES string of the molecule is C=C(Cl)c1c(N2CCN(C)CC2)c(F)cc2c(=O)c(OC(=O)O)cn(C3CC3)c12.Cl. The van der Waals surface area contributed by atoms with E-state index >= 15 is 4.39 Å². The molecule has 2 aromatic rings. The molecule has 1 saturated carbocycles. The van der Waals surface area contributed by atoms with Crippen LogP contribution in [0.4, 0.5) is 14.9 Å². The zero-order chi connectivity index (χ0) is 20.9. The fraction of sp³-hybridized carbons (Fsp3) is 0.400. The van der Waals surface area contributed by atoms with Gasteiger partial charge in [-0.2, -0.15) is 0 Å². The molecule has 0 bridgehead atoms. The van der Waals surface area contributed by atoms with Crippen molar-refractivity contribution in [3.05, 3.63) is 40.4 Å². The molecule has 1 aliphatic carbocycles. The molecule has 1 aromatic carbocycles. The van der Waals surface area contributed by atoms with Gasteiger partial charge in [-0.3, -0.25) is 4.79 Å². The molecule has 1 aromatic heterocycles. The molecule has 0 unspecified atom stereocenters. The van der Waals surface area contributed by atoms with Crippen LogP contribution in [0.1, 0.15) is 24.4 Å². The molecule has 2 fully saturated rings. The Bertz CT molecular complexity index is 1080. The summed E-state index contributed by atoms with van der Waals surface area (Å²) in [5, 5.41) is 9.11. The van der Waals surface area contributed by atoms with Crippen LogP contribution in [-0.2, 0) is 0 Å². The molecule has 2 heterocycles. The zero-order valence-corrected chi connectivity index (χ0v) is 17.9. The first-order valence-corrected chi connectivity index (χ1v) is 9.76. The van der Waals surface area contributed by atoms with Crippen molar-refractivity contribution in [2.45, 2.75) is 18.9 Å². The number of nitrogens with zero attached hydrogens (tertiary/aromatic N) is 3. The fourth-order valence-corrected chi connectivity index (χ4v) is 4.04. The Morgan fingerprint density at radius 1 is 1.30 bits per heavy atom. The van der Waals surface area contributed by atoms with Gasteiger partial charge in [0.1, 0.15) is 5.82 Å². The van der Waals surface area contributed by atoms with Crippen LogP contribution in [0.5, 0.6) is 5.75 Å². The number of pyridine rings is 1. The van der Waals surface area contributed by atoms with Crippen molar-refractivity contribution in [3.8, 4) is 5.75 Å². The maximum Gasteiger partial charge on any atom is 0.511 e. The average Bonchev–Trinajstić information content (AvgIpc) is 3.49. The Labute approximate surface area is 183 Å². The summed E-state index contributed by atoms with van der Waals surface area (Å²) in [4.78, 5) is 27.9. The zero-order valence-electron chi connectivity index (χ0n) is 16.4. The number of halogens is 3. The number of rotatable bonds is 4. The smallest absolute Gasteiger partial charge is 0.449 e. The molecule has 4 rings (SSSR count). The number of hydrogen-bond donors (Lipinski definition) is 1. The minimum atomic E-state index is -1.60. The molecule has 2 aliphatic rings. The molecular formula is C20H22Cl2FN3O4. The summed E-state index contributed by atoms with van der Waals surface area (Å²) >= 11 is 6.34. The number of benzene rings is 1. The number of fused-ring (bicyclic) bond motifs is 1. The monoisotopic (exact) mass is 457 g/mol. The van der Waals surface area contributed by atoms with E-state index in [-0.39, 0.29) is 34.6 Å². The summed E-state index contributed by atoms with van der Waals surface area (Å²) in [6, 6.07) is 1.22. The van der Waals surface area contributed by atoms with Gasteiger partial charge in [0.25, 0.3) is 0 Å². The van der Waals surface area contributed by atoms with Crippen LogP contribution in [0, 0.1) is 5.82 Å². The van der Waals surface area contributed by atoms with Crippen LogP contribution in [-0.4, -0.2) is 54.0 Å². The number of carboxylic acid groups (broad SMARTS) is 1. The molecule has 30 heavy (non-hydrogen) atoms. The van der Waals surface area contributed by atoms with Crippen molar-refractivity contribution >= 4 is 51.8 Å². The van der Waals surface area contributed by atoms with Crippen molar-refractivity contribution in [2.75, 3.05) is 38.1 Å². The molecule has 1 N–H and O–H groups in total. The third-order valence-electron chi connectivity index (χ3n) is 5.44. The van der Waals surface area contributed by atoms with Crippen molar-refractivity contribution < 1.29 is 19.0 Å². The Balaban J connectivity index is 0.00000256. The Morgan fingerprint density at radius 2 is 1.93 bits per heavy atom. The maximum absolute atomic E-state index is 15.3. The summed E-state index contributed by atoms with van der Waals surface area (Å²) in [7, 11) is 2.00. The van der Waals surface area contributed by atoms with Gasteiger partial charge in [-0.1, -0.05) is 18.2 Å². The van der Waals surface area contributed by atoms with Crippen molar-refractivity contribution in [1.29, 1.82) is 0 Å². The standard InChI is InChI=1S/C20H21ClFN3O4.ClH/c1-11(21)16-17-13(9-14(22)18(16)24-7-5-23(2)6-8-24)19(26)15(29-20(27)28)10-25(17)12-3-4-12;/h9-10,12H,1,3-8H2,2H3,(H,27,28);1H. The number of aromatic nitrogens is 1. The van der Waals surface area contributed by atoms with E-state index in [4.69, 9.17) is 16.7 Å². The van der Waals surface area contributed by atoms with Crippen LogP contribution < -0.4 is 15.1 Å². The molecule has 7 nitrogen and oxygen atoms in total. The Morgan fingerprint density at radius 3 is 2.47 bits per heavy atom. The van der Waals surface area contributed by atoms with E-state index < -0.39 is 17.4 Å². The van der Waals surface area contributed by atoms with Gasteiger partial charge in [0.15, 0.2) is 5.75 Å². The lowest BCUT2D eigenvalue weighted by molar-refractivity contribution is 0.143. The molecule has 1 saturated heterocycles. The second-order valence-corrected chi connectivity index (χ2v) is 7.96. The van der Waals surface area contributed by atoms with Gasteiger partial charge in [-0.05, 0) is 26.0 Å². The molecule has 0 radical (unpaired) electrons. The summed E-state index contributed by atoms with van der Waals surface area (Å²) in [6.45, 7) is 6.60. The van der Waals surface area contributed by atoms with E-state index in [9.17, 15) is 9.59 Å². The first kappa shape index (κ1) is 22.4. The highest BCUT2D eigenvalue weighted by molar-refractivity contribution is 6.50. The highest BCUT2D eigenvalue weighted by Gasteiger charge is 2.31. The number of likely N-dealkylation sites (N-methyl/N-ethyl adjacent to an activating group) is 1. The summed E-state index contributed by atoms with van der Waals surface area (Å²) in [5.41, 5.74) is 0.469. The van der Waals surface area contributed by atoms with Gasteiger partial charge in [0, 0.05) is 42.8 Å². The first-order chi connectivity index (χ1) is 13.8. The number of ether oxygens (including phenoxy) is 1. The normalized spacial score (nSPS) is 17.0. The highest BCUT2D eigenvalue weighted by atomic mass is 35.5. The van der Waals surface area contributed by atoms with Gasteiger partial charge in [0.05, 0.1) is 22.8 Å². The van der Waals surface area contributed by atoms with Crippen molar-refractivity contribution in [2.24, 2.45) is 0 Å². The summed E-state index contributed by atoms with van der Waals surface area (Å²) < 4.78 is 21.7.